The molecule has 0 spiro atoms. The van der Waals surface area contributed by atoms with Crippen LogP contribution in [0.1, 0.15) is 40.0 Å². The van der Waals surface area contributed by atoms with E-state index in [-0.39, 0.29) is 0 Å². The standard InChI is InChI=1S/C11H25NO2S/c1-5-8-15(13,14)9-6-7-11(12-4)10(2)3/h10-12H,5-9H2,1-4H3. The third-order valence-electron chi connectivity index (χ3n) is 2.66. The van der Waals surface area contributed by atoms with E-state index in [0.717, 1.165) is 19.3 Å². The Morgan fingerprint density at radius 3 is 2.20 bits per heavy atom. The molecule has 92 valence electrons. The fourth-order valence-electron chi connectivity index (χ4n) is 1.75. The van der Waals surface area contributed by atoms with Gasteiger partial charge in [-0.25, -0.2) is 8.42 Å². The van der Waals surface area contributed by atoms with Crippen LogP contribution in [0, 0.1) is 5.92 Å². The molecule has 0 aromatic heterocycles. The highest BCUT2D eigenvalue weighted by Crippen LogP contribution is 2.09. The molecule has 0 rings (SSSR count). The zero-order valence-corrected chi connectivity index (χ0v) is 11.2. The zero-order valence-electron chi connectivity index (χ0n) is 10.4. The van der Waals surface area contributed by atoms with Gasteiger partial charge in [0.25, 0.3) is 0 Å². The molecule has 1 atom stereocenters. The van der Waals surface area contributed by atoms with Gasteiger partial charge < -0.3 is 5.32 Å². The van der Waals surface area contributed by atoms with Gasteiger partial charge in [0, 0.05) is 11.8 Å². The Morgan fingerprint density at radius 2 is 1.80 bits per heavy atom. The topological polar surface area (TPSA) is 46.2 Å². The quantitative estimate of drug-likeness (QED) is 0.698. The summed E-state index contributed by atoms with van der Waals surface area (Å²) in [7, 11) is -0.853. The van der Waals surface area contributed by atoms with Crippen LogP contribution in [-0.4, -0.2) is 33.0 Å². The summed E-state index contributed by atoms with van der Waals surface area (Å²) in [6.45, 7) is 6.21. The maximum atomic E-state index is 11.4. The minimum atomic E-state index is -2.79. The van der Waals surface area contributed by atoms with Gasteiger partial charge in [-0.1, -0.05) is 20.8 Å². The van der Waals surface area contributed by atoms with Gasteiger partial charge in [0.05, 0.1) is 5.75 Å². The summed E-state index contributed by atoms with van der Waals surface area (Å²) in [5.41, 5.74) is 0. The van der Waals surface area contributed by atoms with Crippen molar-refractivity contribution in [1.82, 2.24) is 5.32 Å². The molecular weight excluding hydrogens is 210 g/mol. The molecule has 0 aliphatic heterocycles. The Morgan fingerprint density at radius 1 is 1.20 bits per heavy atom. The van der Waals surface area contributed by atoms with E-state index in [1.807, 2.05) is 14.0 Å². The van der Waals surface area contributed by atoms with E-state index in [1.165, 1.54) is 0 Å². The van der Waals surface area contributed by atoms with Crippen molar-refractivity contribution in [2.75, 3.05) is 18.6 Å². The second-order valence-electron chi connectivity index (χ2n) is 4.43. The van der Waals surface area contributed by atoms with E-state index in [4.69, 9.17) is 0 Å². The first-order valence-corrected chi connectivity index (χ1v) is 7.62. The molecule has 3 nitrogen and oxygen atoms in total. The van der Waals surface area contributed by atoms with Gasteiger partial charge in [0.1, 0.15) is 9.84 Å². The molecule has 0 aliphatic carbocycles. The van der Waals surface area contributed by atoms with Crippen LogP contribution in [0.2, 0.25) is 0 Å². The fourth-order valence-corrected chi connectivity index (χ4v) is 3.18. The van der Waals surface area contributed by atoms with Gasteiger partial charge in [-0.05, 0) is 32.2 Å². The minimum absolute atomic E-state index is 0.332. The van der Waals surface area contributed by atoms with Crippen molar-refractivity contribution >= 4 is 9.84 Å². The average molecular weight is 235 g/mol. The van der Waals surface area contributed by atoms with Gasteiger partial charge >= 0.3 is 0 Å². The van der Waals surface area contributed by atoms with Crippen molar-refractivity contribution in [3.05, 3.63) is 0 Å². The molecule has 0 fully saturated rings. The molecule has 0 amide bonds. The predicted molar refractivity (Wildman–Crippen MR) is 65.9 cm³/mol. The lowest BCUT2D eigenvalue weighted by atomic mass is 10.0. The third kappa shape index (κ3) is 6.90. The van der Waals surface area contributed by atoms with E-state index in [9.17, 15) is 8.42 Å². The van der Waals surface area contributed by atoms with Crippen LogP contribution in [0.25, 0.3) is 0 Å². The van der Waals surface area contributed by atoms with Crippen LogP contribution in [0.3, 0.4) is 0 Å². The molecule has 1 unspecified atom stereocenters. The smallest absolute Gasteiger partial charge is 0.150 e. The van der Waals surface area contributed by atoms with Crippen molar-refractivity contribution in [3.8, 4) is 0 Å². The summed E-state index contributed by atoms with van der Waals surface area (Å²) in [6, 6.07) is 0.432. The van der Waals surface area contributed by atoms with Gasteiger partial charge in [-0.2, -0.15) is 0 Å². The largest absolute Gasteiger partial charge is 0.317 e. The number of hydrogen-bond acceptors (Lipinski definition) is 3. The third-order valence-corrected chi connectivity index (χ3v) is 4.60. The molecule has 0 saturated heterocycles. The first kappa shape index (κ1) is 14.9. The lowest BCUT2D eigenvalue weighted by Crippen LogP contribution is -2.31. The summed E-state index contributed by atoms with van der Waals surface area (Å²) in [6.07, 6.45) is 2.44. The summed E-state index contributed by atoms with van der Waals surface area (Å²) in [4.78, 5) is 0. The van der Waals surface area contributed by atoms with Crippen LogP contribution in [0.15, 0.2) is 0 Å². The highest BCUT2D eigenvalue weighted by molar-refractivity contribution is 7.91. The van der Waals surface area contributed by atoms with E-state index in [2.05, 4.69) is 19.2 Å². The highest BCUT2D eigenvalue weighted by Gasteiger charge is 2.13. The van der Waals surface area contributed by atoms with Crippen molar-refractivity contribution in [3.63, 3.8) is 0 Å². The van der Waals surface area contributed by atoms with Gasteiger partial charge in [-0.15, -0.1) is 0 Å². The number of sulfone groups is 1. The number of nitrogens with one attached hydrogen (secondary N) is 1. The maximum Gasteiger partial charge on any atom is 0.150 e. The van der Waals surface area contributed by atoms with Crippen LogP contribution >= 0.6 is 0 Å². The Kier molecular flexibility index (Phi) is 7.18. The second-order valence-corrected chi connectivity index (χ2v) is 6.74. The van der Waals surface area contributed by atoms with Crippen molar-refractivity contribution < 1.29 is 8.42 Å². The first-order valence-electron chi connectivity index (χ1n) is 5.80. The van der Waals surface area contributed by atoms with Crippen molar-refractivity contribution in [2.45, 2.75) is 46.1 Å². The summed E-state index contributed by atoms with van der Waals surface area (Å²) in [5.74, 6) is 1.23. The number of rotatable bonds is 8. The molecule has 0 radical (unpaired) electrons. The van der Waals surface area contributed by atoms with E-state index < -0.39 is 9.84 Å². The summed E-state index contributed by atoms with van der Waals surface area (Å²) < 4.78 is 22.9. The molecule has 0 bridgehead atoms. The molecule has 15 heavy (non-hydrogen) atoms. The SMILES string of the molecule is CCCS(=O)(=O)CCCC(NC)C(C)C. The summed E-state index contributed by atoms with van der Waals surface area (Å²) in [5, 5.41) is 3.22. The zero-order chi connectivity index (χ0) is 11.9. The number of hydrogen-bond donors (Lipinski definition) is 1. The Hall–Kier alpha value is -0.0900. The van der Waals surface area contributed by atoms with E-state index >= 15 is 0 Å². The van der Waals surface area contributed by atoms with Crippen LogP contribution in [0.5, 0.6) is 0 Å². The van der Waals surface area contributed by atoms with Crippen LogP contribution in [-0.2, 0) is 9.84 Å². The Balaban J connectivity index is 3.87. The summed E-state index contributed by atoms with van der Waals surface area (Å²) >= 11 is 0. The molecule has 1 N–H and O–H groups in total. The van der Waals surface area contributed by atoms with E-state index in [1.54, 1.807) is 0 Å². The van der Waals surface area contributed by atoms with Crippen LogP contribution < -0.4 is 5.32 Å². The molecule has 0 saturated carbocycles. The first-order chi connectivity index (χ1) is 6.93. The molecular formula is C11H25NO2S. The molecule has 4 heteroatoms. The Bertz CT molecular complexity index is 247. The second kappa shape index (κ2) is 7.23. The highest BCUT2D eigenvalue weighted by atomic mass is 32.2. The van der Waals surface area contributed by atoms with Gasteiger partial charge in [0.15, 0.2) is 0 Å². The average Bonchev–Trinajstić information content (AvgIpc) is 2.11. The fraction of sp³-hybridized carbons (Fsp3) is 1.00. The molecule has 0 heterocycles. The molecule has 0 aromatic rings. The van der Waals surface area contributed by atoms with E-state index in [0.29, 0.717) is 23.5 Å². The van der Waals surface area contributed by atoms with Crippen LogP contribution in [0.4, 0.5) is 0 Å². The van der Waals surface area contributed by atoms with Gasteiger partial charge in [0.2, 0.25) is 0 Å². The van der Waals surface area contributed by atoms with Crippen molar-refractivity contribution in [2.24, 2.45) is 5.92 Å². The van der Waals surface area contributed by atoms with Gasteiger partial charge in [-0.3, -0.25) is 0 Å². The molecule has 0 aromatic carbocycles. The lowest BCUT2D eigenvalue weighted by molar-refractivity contribution is 0.399. The predicted octanol–water partition coefficient (Wildman–Crippen LogP) is 1.84. The Labute approximate surface area is 94.6 Å². The normalized spacial score (nSPS) is 14.5. The minimum Gasteiger partial charge on any atom is -0.317 e. The van der Waals surface area contributed by atoms with Crippen molar-refractivity contribution in [1.29, 1.82) is 0 Å². The monoisotopic (exact) mass is 235 g/mol. The molecule has 0 aliphatic rings. The lowest BCUT2D eigenvalue weighted by Gasteiger charge is -2.19. The maximum absolute atomic E-state index is 11.4.